The van der Waals surface area contributed by atoms with Crippen LogP contribution in [-0.4, -0.2) is 18.3 Å². The number of hydrogen-bond acceptors (Lipinski definition) is 0. The smallest absolute Gasteiger partial charge is 0.0619 e. The minimum atomic E-state index is 1.15. The van der Waals surface area contributed by atoms with Crippen molar-refractivity contribution in [2.75, 3.05) is 0 Å². The second kappa shape index (κ2) is 28.3. The van der Waals surface area contributed by atoms with Crippen LogP contribution in [0.2, 0.25) is 0 Å². The molecule has 0 fully saturated rings. The average Bonchev–Trinajstić information content (AvgIpc) is 1.57. The lowest BCUT2D eigenvalue weighted by atomic mass is 9.97. The van der Waals surface area contributed by atoms with Crippen molar-refractivity contribution in [1.82, 2.24) is 18.3 Å². The zero-order valence-electron chi connectivity index (χ0n) is 69.7. The molecule has 592 valence electrons. The van der Waals surface area contributed by atoms with Gasteiger partial charge >= 0.3 is 0 Å². The summed E-state index contributed by atoms with van der Waals surface area (Å²) in [5.74, 6) is 0. The second-order valence-electron chi connectivity index (χ2n) is 34.5. The fourth-order valence-electron chi connectivity index (χ4n) is 21.9. The first-order valence-corrected chi connectivity index (χ1v) is 44.3. The van der Waals surface area contributed by atoms with Crippen LogP contribution in [0.1, 0.15) is 0 Å². The van der Waals surface area contributed by atoms with E-state index in [1.807, 2.05) is 0 Å². The molecule has 0 aliphatic heterocycles. The highest BCUT2D eigenvalue weighted by molar-refractivity contribution is 6.23. The van der Waals surface area contributed by atoms with E-state index >= 15 is 0 Å². The van der Waals surface area contributed by atoms with Crippen LogP contribution in [0.15, 0.2) is 461 Å². The number of rotatable bonds is 10. The molecule has 0 N–H and O–H groups in total. The summed E-state index contributed by atoms with van der Waals surface area (Å²) < 4.78 is 9.86. The maximum Gasteiger partial charge on any atom is 0.0619 e. The molecule has 2 aliphatic carbocycles. The Morgan fingerprint density at radius 2 is 0.430 bits per heavy atom. The Hall–Kier alpha value is -16.9. The Balaban J connectivity index is 0.000000132. The number of aromatic nitrogens is 4. The predicted molar refractivity (Wildman–Crippen MR) is 542 cm³/mol. The lowest BCUT2D eigenvalue weighted by Gasteiger charge is -2.15. The molecular weight excluding hydrogens is 1550 g/mol. The molecule has 4 heteroatoms. The summed E-state index contributed by atoms with van der Waals surface area (Å²) >= 11 is 0. The van der Waals surface area contributed by atoms with Gasteiger partial charge in [-0.3, -0.25) is 0 Å². The largest absolute Gasteiger partial charge is 0.309 e. The molecule has 4 nitrogen and oxygen atoms in total. The first kappa shape index (κ1) is 71.6. The molecule has 0 saturated carbocycles. The average molecular weight is 1620 g/mol. The van der Waals surface area contributed by atoms with E-state index in [1.165, 1.54) is 253 Å². The van der Waals surface area contributed by atoms with Crippen LogP contribution in [0, 0.1) is 0 Å². The van der Waals surface area contributed by atoms with E-state index in [1.54, 1.807) is 0 Å². The molecule has 22 aromatic carbocycles. The van der Waals surface area contributed by atoms with Gasteiger partial charge in [-0.05, 0) is 242 Å². The summed E-state index contributed by atoms with van der Waals surface area (Å²) in [7, 11) is 0. The predicted octanol–water partition coefficient (Wildman–Crippen LogP) is 33.7. The van der Waals surface area contributed by atoms with Gasteiger partial charge in [0, 0.05) is 76.4 Å². The second-order valence-corrected chi connectivity index (χ2v) is 34.5. The highest BCUT2D eigenvalue weighted by Gasteiger charge is 2.28. The van der Waals surface area contributed by atoms with Crippen molar-refractivity contribution in [2.45, 2.75) is 0 Å². The molecule has 4 heterocycles. The maximum absolute atomic E-state index is 2.49. The Morgan fingerprint density at radius 1 is 0.125 bits per heavy atom. The fourth-order valence-corrected chi connectivity index (χ4v) is 21.9. The van der Waals surface area contributed by atoms with Crippen molar-refractivity contribution in [2.24, 2.45) is 0 Å². The lowest BCUT2D eigenvalue weighted by Crippen LogP contribution is -1.97. The van der Waals surface area contributed by atoms with Crippen LogP contribution in [0.25, 0.3) is 264 Å². The van der Waals surface area contributed by atoms with E-state index in [4.69, 9.17) is 0 Å². The van der Waals surface area contributed by atoms with E-state index in [-0.39, 0.29) is 0 Å². The number of para-hydroxylation sites is 4. The maximum atomic E-state index is 2.49. The highest BCUT2D eigenvalue weighted by atomic mass is 15.0. The van der Waals surface area contributed by atoms with Gasteiger partial charge < -0.3 is 18.3 Å². The minimum absolute atomic E-state index is 1.15. The fraction of sp³-hybridized carbons (Fsp3) is 0. The zero-order chi connectivity index (χ0) is 83.8. The topological polar surface area (TPSA) is 19.7 Å². The first-order valence-electron chi connectivity index (χ1n) is 44.3. The summed E-state index contributed by atoms with van der Waals surface area (Å²) in [5.41, 5.74) is 39.4. The molecule has 0 amide bonds. The van der Waals surface area contributed by atoms with Gasteiger partial charge in [-0.2, -0.15) is 0 Å². The van der Waals surface area contributed by atoms with Gasteiger partial charge in [-0.15, -0.1) is 0 Å². The van der Waals surface area contributed by atoms with Crippen molar-refractivity contribution in [3.8, 4) is 134 Å². The van der Waals surface area contributed by atoms with Gasteiger partial charge in [0.15, 0.2) is 0 Å². The summed E-state index contributed by atoms with van der Waals surface area (Å²) in [6, 6.07) is 171. The lowest BCUT2D eigenvalue weighted by molar-refractivity contribution is 1.18. The van der Waals surface area contributed by atoms with Crippen molar-refractivity contribution in [1.29, 1.82) is 0 Å². The molecule has 128 heavy (non-hydrogen) atoms. The van der Waals surface area contributed by atoms with E-state index < -0.39 is 0 Å². The molecule has 2 aliphatic rings. The van der Waals surface area contributed by atoms with Crippen LogP contribution in [0.5, 0.6) is 0 Å². The SMILES string of the molecule is c1ccc(-c2ccccc2-n2c3ccc(-c4ccc5c(c4)c4ccccc4n5-c4cccc(-c5ccc6c(c5)-c5cccc7cccc-6c57)c4)cc3c3ccc4ccccc4c32)cc1.c1ccc(-c2ccccc2-n2c3ccccc3c3cc(-c4ccc5c(c4)c4ccc6ccccc6c4n5-c4cccc(-c5ccc6c(c5)-c5cccc7cccc-6c57)c4)ccc32)cc1. The third-order valence-electron chi connectivity index (χ3n) is 27.7. The molecule has 0 unspecified atom stereocenters. The van der Waals surface area contributed by atoms with E-state index in [2.05, 4.69) is 479 Å². The minimum Gasteiger partial charge on any atom is -0.309 e. The van der Waals surface area contributed by atoms with E-state index in [0.717, 1.165) is 11.4 Å². The molecule has 28 rings (SSSR count). The van der Waals surface area contributed by atoms with E-state index in [0.29, 0.717) is 0 Å². The number of nitrogens with zero attached hydrogens (tertiary/aromatic N) is 4. The normalized spacial score (nSPS) is 12.1. The van der Waals surface area contributed by atoms with Gasteiger partial charge in [0.05, 0.1) is 55.5 Å². The standard InChI is InChI=1S/2C62H38N2/c1-2-13-39(14-3-1)47-20-6-8-25-57(47)64-58-26-9-7-22-50(58)55-37-44(30-34-60(55)64)45-29-33-59-56(38-45)53-32-27-40-15-4-5-21-48(40)62(53)63(59)46-19-10-18-42(35-46)43-28-31-49-51-23-11-16-41-17-12-24-52(61(41)51)54(49)36-43;1-2-13-39(14-3-1)47-20-6-8-25-57(47)64-60-34-30-45(38-56(60)53-32-27-40-15-4-5-21-48(40)62(53)64)44-29-33-59-55(37-44)50-22-7-9-26-58(50)63(59)46-19-10-18-42(35-46)43-28-31-49-51-23-11-16-41-17-12-24-52(61(41)51)54(49)36-43/h2*1-38H. The summed E-state index contributed by atoms with van der Waals surface area (Å²) in [6.07, 6.45) is 0. The van der Waals surface area contributed by atoms with Crippen molar-refractivity contribution >= 4 is 130 Å². The monoisotopic (exact) mass is 1620 g/mol. The molecule has 0 atom stereocenters. The Kier molecular flexibility index (Phi) is 15.8. The molecule has 4 aromatic heterocycles. The van der Waals surface area contributed by atoms with Crippen LogP contribution in [-0.2, 0) is 0 Å². The number of fused-ring (bicyclic) bond motifs is 22. The summed E-state index contributed by atoms with van der Waals surface area (Å²) in [4.78, 5) is 0. The van der Waals surface area contributed by atoms with Crippen LogP contribution in [0.4, 0.5) is 0 Å². The molecule has 0 bridgehead atoms. The van der Waals surface area contributed by atoms with Gasteiger partial charge in [-0.1, -0.05) is 352 Å². The molecule has 0 saturated heterocycles. The van der Waals surface area contributed by atoms with Crippen LogP contribution < -0.4 is 0 Å². The van der Waals surface area contributed by atoms with Crippen molar-refractivity contribution in [3.05, 3.63) is 461 Å². The van der Waals surface area contributed by atoms with Gasteiger partial charge in [-0.25, -0.2) is 0 Å². The van der Waals surface area contributed by atoms with E-state index in [9.17, 15) is 0 Å². The van der Waals surface area contributed by atoms with Gasteiger partial charge in [0.2, 0.25) is 0 Å². The molecule has 0 radical (unpaired) electrons. The van der Waals surface area contributed by atoms with Crippen molar-refractivity contribution < 1.29 is 0 Å². The molecule has 26 aromatic rings. The summed E-state index contributed by atoms with van der Waals surface area (Å²) in [6.45, 7) is 0. The third kappa shape index (κ3) is 11.0. The Bertz CT molecular complexity index is 9190. The number of benzene rings is 22. The Morgan fingerprint density at radius 3 is 0.914 bits per heavy atom. The molecular formula is C124H76N4. The van der Waals surface area contributed by atoms with Gasteiger partial charge in [0.25, 0.3) is 0 Å². The number of hydrogen-bond donors (Lipinski definition) is 0. The van der Waals surface area contributed by atoms with Crippen LogP contribution in [0.3, 0.4) is 0 Å². The third-order valence-corrected chi connectivity index (χ3v) is 27.7. The highest BCUT2D eigenvalue weighted by Crippen LogP contribution is 2.53. The van der Waals surface area contributed by atoms with Crippen molar-refractivity contribution in [3.63, 3.8) is 0 Å². The quantitative estimate of drug-likeness (QED) is 0.130. The summed E-state index contributed by atoms with van der Waals surface area (Å²) in [5, 5.41) is 20.2. The van der Waals surface area contributed by atoms with Crippen LogP contribution >= 0.6 is 0 Å². The first-order chi connectivity index (χ1) is 63.5. The molecule has 0 spiro atoms. The van der Waals surface area contributed by atoms with Gasteiger partial charge in [0.1, 0.15) is 0 Å². The Labute approximate surface area is 738 Å². The zero-order valence-corrected chi connectivity index (χ0v) is 69.7.